The summed E-state index contributed by atoms with van der Waals surface area (Å²) in [7, 11) is 2.08. The van der Waals surface area contributed by atoms with Gasteiger partial charge in [-0.25, -0.2) is 0 Å². The first-order valence-corrected chi connectivity index (χ1v) is 10.9. The molecule has 3 heterocycles. The number of rotatable bonds is 6. The standard InChI is InChI=1S/C23H29N5O2/c1-26-21(17-4-2-5-19(17)25-26)14-27-11-8-16(9-12-27)30-22-7-3-6-20-18(22)10-13-28(20)15-23(24)29/h3,6-7,10,13,16H,2,4-5,8-9,11-12,14-15H2,1H3,(H2,24,29). The van der Waals surface area contributed by atoms with Crippen LogP contribution in [0.4, 0.5) is 0 Å². The Kier molecular flexibility index (Phi) is 4.98. The summed E-state index contributed by atoms with van der Waals surface area (Å²) in [5.74, 6) is 0.545. The van der Waals surface area contributed by atoms with E-state index in [1.54, 1.807) is 0 Å². The Morgan fingerprint density at radius 1 is 1.23 bits per heavy atom. The molecule has 1 amide bonds. The second kappa shape index (κ2) is 7.80. The van der Waals surface area contributed by atoms with E-state index >= 15 is 0 Å². The summed E-state index contributed by atoms with van der Waals surface area (Å²) < 4.78 is 10.4. The fraction of sp³-hybridized carbons (Fsp3) is 0.478. The predicted octanol–water partition coefficient (Wildman–Crippen LogP) is 2.39. The first-order valence-electron chi connectivity index (χ1n) is 10.9. The molecule has 7 heteroatoms. The van der Waals surface area contributed by atoms with Crippen LogP contribution < -0.4 is 10.5 Å². The second-order valence-electron chi connectivity index (χ2n) is 8.54. The van der Waals surface area contributed by atoms with Crippen LogP contribution in [0, 0.1) is 0 Å². The van der Waals surface area contributed by atoms with Crippen LogP contribution in [0.25, 0.3) is 10.9 Å². The van der Waals surface area contributed by atoms with Crippen LogP contribution >= 0.6 is 0 Å². The molecule has 2 N–H and O–H groups in total. The Labute approximate surface area is 176 Å². The van der Waals surface area contributed by atoms with Crippen LogP contribution in [-0.4, -0.2) is 44.3 Å². The molecule has 0 spiro atoms. The van der Waals surface area contributed by atoms with E-state index in [2.05, 4.69) is 16.6 Å². The van der Waals surface area contributed by atoms with Crippen LogP contribution in [-0.2, 0) is 37.8 Å². The molecule has 7 nitrogen and oxygen atoms in total. The fourth-order valence-corrected chi connectivity index (χ4v) is 4.96. The van der Waals surface area contributed by atoms with E-state index in [-0.39, 0.29) is 18.6 Å². The molecule has 0 atom stereocenters. The fourth-order valence-electron chi connectivity index (χ4n) is 4.96. The van der Waals surface area contributed by atoms with Gasteiger partial charge in [0.25, 0.3) is 0 Å². The van der Waals surface area contributed by atoms with Crippen LogP contribution in [0.5, 0.6) is 5.75 Å². The Morgan fingerprint density at radius 3 is 2.87 bits per heavy atom. The van der Waals surface area contributed by atoms with E-state index in [4.69, 9.17) is 15.6 Å². The van der Waals surface area contributed by atoms with E-state index in [1.807, 2.05) is 35.0 Å². The SMILES string of the molecule is Cn1nc2c(c1CN1CCC(Oc3cccc4c3ccn4CC(N)=O)CC1)CCC2. The van der Waals surface area contributed by atoms with Gasteiger partial charge < -0.3 is 15.0 Å². The van der Waals surface area contributed by atoms with Crippen molar-refractivity contribution in [3.8, 4) is 5.75 Å². The Hall–Kier alpha value is -2.80. The average molecular weight is 408 g/mol. The highest BCUT2D eigenvalue weighted by Gasteiger charge is 2.26. The van der Waals surface area contributed by atoms with Crippen molar-refractivity contribution in [3.05, 3.63) is 47.4 Å². The van der Waals surface area contributed by atoms with E-state index in [9.17, 15) is 4.79 Å². The number of carbonyl (C=O) groups excluding carboxylic acids is 1. The molecule has 158 valence electrons. The Morgan fingerprint density at radius 2 is 2.07 bits per heavy atom. The normalized spacial score (nSPS) is 17.5. The van der Waals surface area contributed by atoms with E-state index < -0.39 is 0 Å². The topological polar surface area (TPSA) is 78.3 Å². The highest BCUT2D eigenvalue weighted by molar-refractivity contribution is 5.87. The van der Waals surface area contributed by atoms with Gasteiger partial charge in [0.2, 0.25) is 5.91 Å². The van der Waals surface area contributed by atoms with Gasteiger partial charge in [-0.2, -0.15) is 5.10 Å². The lowest BCUT2D eigenvalue weighted by Crippen LogP contribution is -2.38. The third-order valence-corrected chi connectivity index (χ3v) is 6.50. The van der Waals surface area contributed by atoms with Gasteiger partial charge in [-0.3, -0.25) is 14.4 Å². The summed E-state index contributed by atoms with van der Waals surface area (Å²) >= 11 is 0. The number of hydrogen-bond acceptors (Lipinski definition) is 4. The van der Waals surface area contributed by atoms with Gasteiger partial charge in [0.15, 0.2) is 0 Å². The summed E-state index contributed by atoms with van der Waals surface area (Å²) in [6.45, 7) is 3.23. The zero-order valence-electron chi connectivity index (χ0n) is 17.5. The number of carbonyl (C=O) groups is 1. The van der Waals surface area contributed by atoms with E-state index in [0.29, 0.717) is 0 Å². The molecular weight excluding hydrogens is 378 g/mol. The number of aryl methyl sites for hydroxylation is 2. The first kappa shape index (κ1) is 19.2. The lowest BCUT2D eigenvalue weighted by molar-refractivity contribution is -0.118. The number of nitrogens with two attached hydrogens (primary N) is 1. The Bertz CT molecular complexity index is 1070. The number of likely N-dealkylation sites (tertiary alicyclic amines) is 1. The van der Waals surface area contributed by atoms with Gasteiger partial charge in [0.05, 0.1) is 16.9 Å². The maximum atomic E-state index is 11.3. The summed E-state index contributed by atoms with van der Waals surface area (Å²) in [6, 6.07) is 8.00. The number of nitrogens with zero attached hydrogens (tertiary/aromatic N) is 4. The number of primary amides is 1. The van der Waals surface area contributed by atoms with Gasteiger partial charge in [-0.05, 0) is 55.9 Å². The molecule has 3 aromatic rings. The van der Waals surface area contributed by atoms with Crippen molar-refractivity contribution in [1.29, 1.82) is 0 Å². The smallest absolute Gasteiger partial charge is 0.237 e. The molecule has 2 aliphatic rings. The van der Waals surface area contributed by atoms with Crippen LogP contribution in [0.3, 0.4) is 0 Å². The zero-order chi connectivity index (χ0) is 20.7. The predicted molar refractivity (Wildman–Crippen MR) is 115 cm³/mol. The molecule has 1 saturated heterocycles. The maximum Gasteiger partial charge on any atom is 0.237 e. The summed E-state index contributed by atoms with van der Waals surface area (Å²) in [6.07, 6.45) is 7.69. The van der Waals surface area contributed by atoms with Gasteiger partial charge in [0.1, 0.15) is 18.4 Å². The zero-order valence-corrected chi connectivity index (χ0v) is 17.5. The summed E-state index contributed by atoms with van der Waals surface area (Å²) in [4.78, 5) is 13.8. The molecule has 0 radical (unpaired) electrons. The van der Waals surface area contributed by atoms with Crippen molar-refractivity contribution in [2.75, 3.05) is 13.1 Å². The number of aromatic nitrogens is 3. The van der Waals surface area contributed by atoms with Crippen molar-refractivity contribution in [2.24, 2.45) is 12.8 Å². The second-order valence-corrected chi connectivity index (χ2v) is 8.54. The third-order valence-electron chi connectivity index (χ3n) is 6.50. The average Bonchev–Trinajstić information content (AvgIpc) is 3.41. The minimum absolute atomic E-state index is 0.184. The lowest BCUT2D eigenvalue weighted by atomic mass is 10.1. The van der Waals surface area contributed by atoms with Crippen LogP contribution in [0.15, 0.2) is 30.5 Å². The van der Waals surface area contributed by atoms with Crippen molar-refractivity contribution in [2.45, 2.75) is 51.3 Å². The van der Waals surface area contributed by atoms with Crippen LogP contribution in [0.2, 0.25) is 0 Å². The minimum atomic E-state index is -0.342. The number of amides is 1. The van der Waals surface area contributed by atoms with Gasteiger partial charge in [-0.1, -0.05) is 6.07 Å². The molecule has 0 saturated carbocycles. The van der Waals surface area contributed by atoms with Gasteiger partial charge in [-0.15, -0.1) is 0 Å². The van der Waals surface area contributed by atoms with Crippen LogP contribution in [0.1, 0.15) is 36.2 Å². The van der Waals surface area contributed by atoms with E-state index in [1.165, 1.54) is 29.8 Å². The largest absolute Gasteiger partial charge is 0.490 e. The van der Waals surface area contributed by atoms with Crippen molar-refractivity contribution in [3.63, 3.8) is 0 Å². The van der Waals surface area contributed by atoms with Crippen molar-refractivity contribution >= 4 is 16.8 Å². The lowest BCUT2D eigenvalue weighted by Gasteiger charge is -2.32. The summed E-state index contributed by atoms with van der Waals surface area (Å²) in [5.41, 5.74) is 10.5. The molecule has 1 aliphatic heterocycles. The number of hydrogen-bond donors (Lipinski definition) is 1. The van der Waals surface area contributed by atoms with Gasteiger partial charge >= 0.3 is 0 Å². The highest BCUT2D eigenvalue weighted by Crippen LogP contribution is 2.30. The number of piperidine rings is 1. The highest BCUT2D eigenvalue weighted by atomic mass is 16.5. The number of fused-ring (bicyclic) bond motifs is 2. The number of ether oxygens (including phenoxy) is 1. The minimum Gasteiger partial charge on any atom is -0.490 e. The molecule has 5 rings (SSSR count). The van der Waals surface area contributed by atoms with Gasteiger partial charge in [0, 0.05) is 38.3 Å². The molecule has 0 bridgehead atoms. The Balaban J connectivity index is 1.23. The first-order chi connectivity index (χ1) is 14.6. The molecule has 30 heavy (non-hydrogen) atoms. The maximum absolute atomic E-state index is 11.3. The molecule has 1 aromatic carbocycles. The quantitative estimate of drug-likeness (QED) is 0.681. The molecular formula is C23H29N5O2. The van der Waals surface area contributed by atoms with E-state index in [0.717, 1.165) is 55.5 Å². The van der Waals surface area contributed by atoms with Crippen molar-refractivity contribution in [1.82, 2.24) is 19.2 Å². The molecule has 0 unspecified atom stereocenters. The molecule has 1 aliphatic carbocycles. The third kappa shape index (κ3) is 3.58. The molecule has 2 aromatic heterocycles. The van der Waals surface area contributed by atoms with Crippen molar-refractivity contribution < 1.29 is 9.53 Å². The monoisotopic (exact) mass is 407 g/mol. The molecule has 1 fully saturated rings. The summed E-state index contributed by atoms with van der Waals surface area (Å²) in [5, 5.41) is 5.74. The number of benzene rings is 1.